The van der Waals surface area contributed by atoms with Crippen molar-refractivity contribution in [3.63, 3.8) is 0 Å². The van der Waals surface area contributed by atoms with Gasteiger partial charge in [0, 0.05) is 93.0 Å². The van der Waals surface area contributed by atoms with Crippen molar-refractivity contribution in [2.24, 2.45) is 0 Å². The molecule has 0 bridgehead atoms. The lowest BCUT2D eigenvalue weighted by molar-refractivity contribution is 0.669. The second kappa shape index (κ2) is 28.3. The first-order valence-electron chi connectivity index (χ1n) is 37.1. The lowest BCUT2D eigenvalue weighted by Gasteiger charge is -2.12. The van der Waals surface area contributed by atoms with Gasteiger partial charge in [-0.15, -0.1) is 0 Å². The molecule has 6 heterocycles. The van der Waals surface area contributed by atoms with Crippen LogP contribution >= 0.6 is 0 Å². The zero-order valence-corrected chi connectivity index (χ0v) is 59.9. The Hall–Kier alpha value is -15.1. The highest BCUT2D eigenvalue weighted by Crippen LogP contribution is 2.43. The maximum atomic E-state index is 6.31. The predicted octanol–water partition coefficient (Wildman–Crippen LogP) is 27.3. The topological polar surface area (TPSA) is 117 Å². The van der Waals surface area contributed by atoms with E-state index < -0.39 is 0 Å². The smallest absolute Gasteiger partial charge is 0.160 e. The van der Waals surface area contributed by atoms with Crippen molar-refractivity contribution >= 4 is 98.5 Å². The number of aromatic nitrogens is 6. The summed E-state index contributed by atoms with van der Waals surface area (Å²) in [4.78, 5) is 30.0. The quantitative estimate of drug-likeness (QED) is 0.132. The van der Waals surface area contributed by atoms with Crippen LogP contribution in [0.4, 0.5) is 0 Å². The molecule has 111 heavy (non-hydrogen) atoms. The van der Waals surface area contributed by atoms with Crippen molar-refractivity contribution in [1.82, 2.24) is 29.9 Å². The Balaban J connectivity index is 0.000000109. The Morgan fingerprint density at radius 1 is 0.153 bits per heavy atom. The highest BCUT2D eigenvalue weighted by atomic mass is 16.3. The van der Waals surface area contributed by atoms with Crippen molar-refractivity contribution in [3.8, 4) is 112 Å². The Labute approximate surface area is 638 Å². The summed E-state index contributed by atoms with van der Waals surface area (Å²) in [5.74, 6) is 2.17. The summed E-state index contributed by atoms with van der Waals surface area (Å²) < 4.78 is 18.8. The van der Waals surface area contributed by atoms with Gasteiger partial charge in [0.1, 0.15) is 33.5 Å². The molecule has 0 aliphatic heterocycles. The summed E-state index contributed by atoms with van der Waals surface area (Å²) in [6.07, 6.45) is 0. The van der Waals surface area contributed by atoms with Gasteiger partial charge in [-0.05, 0) is 106 Å². The summed E-state index contributed by atoms with van der Waals surface area (Å²) in [6.45, 7) is 0. The molecule has 0 radical (unpaired) electrons. The molecule has 0 N–H and O–H groups in total. The number of furan rings is 3. The van der Waals surface area contributed by atoms with E-state index in [2.05, 4.69) is 218 Å². The molecule has 9 nitrogen and oxygen atoms in total. The van der Waals surface area contributed by atoms with E-state index in [1.54, 1.807) is 0 Å². The lowest BCUT2D eigenvalue weighted by Crippen LogP contribution is -1.95. The maximum absolute atomic E-state index is 6.31. The van der Waals surface area contributed by atoms with Gasteiger partial charge in [-0.25, -0.2) is 29.9 Å². The van der Waals surface area contributed by atoms with Gasteiger partial charge >= 0.3 is 0 Å². The zero-order chi connectivity index (χ0) is 73.6. The van der Waals surface area contributed by atoms with Crippen molar-refractivity contribution in [1.29, 1.82) is 0 Å². The molecule has 0 fully saturated rings. The monoisotopic (exact) mass is 1420 g/mol. The van der Waals surface area contributed by atoms with Crippen molar-refractivity contribution < 1.29 is 13.3 Å². The van der Waals surface area contributed by atoms with Crippen LogP contribution in [0.2, 0.25) is 0 Å². The molecule has 0 spiro atoms. The standard InChI is InChI=1S/C38H24N2O.2C32H20N2O/c1-3-10-25(11-4-1)37-33-21-19-29(23-34(33)39-38(40-37)26-12-5-2-6-13-26)27-14-9-15-28(22-27)30-18-20-32-31-16-7-8-17-35(31)41-36(32)24-30;1-3-10-21(11-4-1)30-27-20-23(18-19-28(27)33-32(34-30)22-12-5-2-6-13-22)24-15-9-16-26-25-14-7-8-17-29(25)35-31(24)26;1-3-10-21(11-4-1)30-27-19-18-23(20-28(27)33-32(34-30)22-12-5-2-6-13-22)24-15-9-16-26-25-14-7-8-17-29(25)35-31(24)26/h1-24H;2*1-20H. The van der Waals surface area contributed by atoms with Crippen LogP contribution in [0.15, 0.2) is 401 Å². The summed E-state index contributed by atoms with van der Waals surface area (Å²) in [5.41, 5.74) is 25.9. The van der Waals surface area contributed by atoms with Crippen LogP contribution in [0, 0.1) is 0 Å². The Morgan fingerprint density at radius 2 is 0.459 bits per heavy atom. The fourth-order valence-electron chi connectivity index (χ4n) is 15.2. The first kappa shape index (κ1) is 65.5. The SMILES string of the molecule is c1ccc(-c2nc(-c3ccccc3)c3cc(-c4cccc5c4oc4ccccc45)ccc3n2)cc1.c1ccc(-c2nc(-c3ccccc3)c3ccc(-c4cccc(-c5ccc6c(c5)oc5ccccc56)c4)cc3n2)cc1.c1ccc(-c2nc(-c3ccccc3)c3ccc(-c4cccc5c4oc4ccccc45)cc3n2)cc1. The summed E-state index contributed by atoms with van der Waals surface area (Å²) in [5, 5.41) is 9.86. The fourth-order valence-corrected chi connectivity index (χ4v) is 15.2. The first-order valence-corrected chi connectivity index (χ1v) is 37.1. The van der Waals surface area contributed by atoms with Gasteiger partial charge in [-0.2, -0.15) is 0 Å². The van der Waals surface area contributed by atoms with Crippen LogP contribution in [-0.2, 0) is 0 Å². The number of benzene rings is 16. The van der Waals surface area contributed by atoms with E-state index >= 15 is 0 Å². The van der Waals surface area contributed by atoms with Crippen molar-refractivity contribution in [2.75, 3.05) is 0 Å². The van der Waals surface area contributed by atoms with Gasteiger partial charge in [0.15, 0.2) is 17.5 Å². The van der Waals surface area contributed by atoms with E-state index in [0.717, 1.165) is 211 Å². The molecule has 9 heteroatoms. The minimum atomic E-state index is 0.719. The molecule has 0 atom stereocenters. The van der Waals surface area contributed by atoms with E-state index in [4.69, 9.17) is 43.2 Å². The third kappa shape index (κ3) is 12.5. The number of hydrogen-bond acceptors (Lipinski definition) is 9. The Kier molecular flexibility index (Phi) is 16.7. The number of rotatable bonds is 10. The molecule has 22 aromatic rings. The molecule has 520 valence electrons. The van der Waals surface area contributed by atoms with Crippen LogP contribution in [0.25, 0.3) is 211 Å². The first-order chi connectivity index (χ1) is 55.0. The maximum Gasteiger partial charge on any atom is 0.160 e. The fraction of sp³-hybridized carbons (Fsp3) is 0. The van der Waals surface area contributed by atoms with E-state index in [-0.39, 0.29) is 0 Å². The number of nitrogens with zero attached hydrogens (tertiary/aromatic N) is 6. The number of hydrogen-bond donors (Lipinski definition) is 0. The van der Waals surface area contributed by atoms with Crippen LogP contribution in [0.5, 0.6) is 0 Å². The molecule has 0 aliphatic rings. The largest absolute Gasteiger partial charge is 0.456 e. The average molecular weight is 1420 g/mol. The van der Waals surface area contributed by atoms with Gasteiger partial charge < -0.3 is 13.3 Å². The van der Waals surface area contributed by atoms with Crippen LogP contribution < -0.4 is 0 Å². The molecule has 0 saturated carbocycles. The van der Waals surface area contributed by atoms with Crippen molar-refractivity contribution in [3.05, 3.63) is 388 Å². The Bertz CT molecular complexity index is 7250. The van der Waals surface area contributed by atoms with Gasteiger partial charge in [0.2, 0.25) is 0 Å². The lowest BCUT2D eigenvalue weighted by atomic mass is 9.97. The third-order valence-corrected chi connectivity index (χ3v) is 20.7. The number of para-hydroxylation sites is 5. The highest BCUT2D eigenvalue weighted by Gasteiger charge is 2.21. The predicted molar refractivity (Wildman–Crippen MR) is 455 cm³/mol. The van der Waals surface area contributed by atoms with E-state index in [0.29, 0.717) is 0 Å². The summed E-state index contributed by atoms with van der Waals surface area (Å²) in [7, 11) is 0. The van der Waals surface area contributed by atoms with Gasteiger partial charge in [0.25, 0.3) is 0 Å². The van der Waals surface area contributed by atoms with Crippen molar-refractivity contribution in [2.45, 2.75) is 0 Å². The third-order valence-electron chi connectivity index (χ3n) is 20.7. The molecule has 6 aromatic heterocycles. The minimum absolute atomic E-state index is 0.719. The molecule has 16 aromatic carbocycles. The normalized spacial score (nSPS) is 11.4. The second-order valence-electron chi connectivity index (χ2n) is 27.5. The molecular weight excluding hydrogens is 1360 g/mol. The second-order valence-corrected chi connectivity index (χ2v) is 27.5. The highest BCUT2D eigenvalue weighted by molar-refractivity contribution is 6.12. The summed E-state index contributed by atoms with van der Waals surface area (Å²) in [6, 6.07) is 133. The average Bonchev–Trinajstić information content (AvgIpc) is 1.49. The van der Waals surface area contributed by atoms with Crippen LogP contribution in [-0.4, -0.2) is 29.9 Å². The molecule has 0 saturated heterocycles. The minimum Gasteiger partial charge on any atom is -0.456 e. The van der Waals surface area contributed by atoms with E-state index in [1.807, 2.05) is 170 Å². The Morgan fingerprint density at radius 3 is 0.928 bits per heavy atom. The van der Waals surface area contributed by atoms with Gasteiger partial charge in [-0.1, -0.05) is 315 Å². The van der Waals surface area contributed by atoms with Gasteiger partial charge in [0.05, 0.1) is 33.6 Å². The molecular formula is C102H64N6O3. The van der Waals surface area contributed by atoms with E-state index in [9.17, 15) is 0 Å². The molecule has 22 rings (SSSR count). The molecule has 0 unspecified atom stereocenters. The zero-order valence-electron chi connectivity index (χ0n) is 59.9. The van der Waals surface area contributed by atoms with Crippen LogP contribution in [0.3, 0.4) is 0 Å². The van der Waals surface area contributed by atoms with E-state index in [1.165, 1.54) is 0 Å². The summed E-state index contributed by atoms with van der Waals surface area (Å²) >= 11 is 0. The molecule has 0 aliphatic carbocycles. The van der Waals surface area contributed by atoms with Crippen LogP contribution in [0.1, 0.15) is 0 Å². The van der Waals surface area contributed by atoms with Gasteiger partial charge in [-0.3, -0.25) is 0 Å². The molecule has 0 amide bonds. The number of fused-ring (bicyclic) bond motifs is 12.